The van der Waals surface area contributed by atoms with E-state index >= 15 is 0 Å². The third-order valence-electron chi connectivity index (χ3n) is 5.23. The zero-order valence-electron chi connectivity index (χ0n) is 20.9. The minimum atomic E-state index is -3.54. The van der Waals surface area contributed by atoms with E-state index in [1.54, 1.807) is 18.2 Å². The smallest absolute Gasteiger partial charge is 0.232 e. The zero-order chi connectivity index (χ0) is 25.4. The Morgan fingerprint density at radius 3 is 2.21 bits per heavy atom. The summed E-state index contributed by atoms with van der Waals surface area (Å²) in [5.74, 6) is 1.53. The number of hydrogen-bond acceptors (Lipinski definition) is 6. The lowest BCUT2D eigenvalue weighted by atomic mass is 9.87. The zero-order valence-corrected chi connectivity index (χ0v) is 21.7. The predicted octanol–water partition coefficient (Wildman–Crippen LogP) is 3.74. The van der Waals surface area contributed by atoms with Crippen LogP contribution in [0.2, 0.25) is 0 Å². The molecule has 0 saturated heterocycles. The van der Waals surface area contributed by atoms with E-state index in [0.29, 0.717) is 36.8 Å². The maximum absolute atomic E-state index is 12.3. The number of hydrogen-bond donors (Lipinski definition) is 1. The largest absolute Gasteiger partial charge is 0.493 e. The van der Waals surface area contributed by atoms with Crippen LogP contribution < -0.4 is 23.8 Å². The first kappa shape index (κ1) is 27.3. The van der Waals surface area contributed by atoms with E-state index in [-0.39, 0.29) is 24.3 Å². The van der Waals surface area contributed by atoms with Crippen LogP contribution in [0, 0.1) is 0 Å². The molecule has 9 heteroatoms. The Labute approximate surface area is 203 Å². The van der Waals surface area contributed by atoms with Crippen molar-refractivity contribution in [2.45, 2.75) is 39.0 Å². The van der Waals surface area contributed by atoms with Crippen LogP contribution >= 0.6 is 0 Å². The monoisotopic (exact) mass is 492 g/mol. The normalized spacial score (nSPS) is 11.6. The van der Waals surface area contributed by atoms with Gasteiger partial charge in [-0.15, -0.1) is 0 Å². The summed E-state index contributed by atoms with van der Waals surface area (Å²) >= 11 is 0. The molecule has 0 aromatic heterocycles. The minimum absolute atomic E-state index is 0.0820. The van der Waals surface area contributed by atoms with Crippen molar-refractivity contribution >= 4 is 21.6 Å². The minimum Gasteiger partial charge on any atom is -0.493 e. The molecule has 2 aromatic carbocycles. The molecule has 34 heavy (non-hydrogen) atoms. The second kappa shape index (κ2) is 12.0. The van der Waals surface area contributed by atoms with Crippen LogP contribution in [0.1, 0.15) is 39.2 Å². The highest BCUT2D eigenvalue weighted by Gasteiger charge is 2.19. The van der Waals surface area contributed by atoms with E-state index in [1.165, 1.54) is 24.1 Å². The number of sulfonamides is 1. The summed E-state index contributed by atoms with van der Waals surface area (Å²) in [6.07, 6.45) is 1.69. The Morgan fingerprint density at radius 2 is 1.65 bits per heavy atom. The Kier molecular flexibility index (Phi) is 9.61. The third-order valence-corrected chi connectivity index (χ3v) is 6.43. The van der Waals surface area contributed by atoms with Gasteiger partial charge in [-0.2, -0.15) is 0 Å². The molecule has 0 atom stereocenters. The van der Waals surface area contributed by atoms with Crippen molar-refractivity contribution in [2.24, 2.45) is 0 Å². The van der Waals surface area contributed by atoms with Gasteiger partial charge in [-0.25, -0.2) is 8.42 Å². The number of nitrogens with zero attached hydrogens (tertiary/aromatic N) is 1. The molecule has 1 amide bonds. The summed E-state index contributed by atoms with van der Waals surface area (Å²) in [6.45, 7) is 7.34. The molecule has 0 saturated carbocycles. The predicted molar refractivity (Wildman–Crippen MR) is 135 cm³/mol. The molecule has 8 nitrogen and oxygen atoms in total. The van der Waals surface area contributed by atoms with Crippen molar-refractivity contribution in [3.8, 4) is 17.2 Å². The van der Waals surface area contributed by atoms with Crippen LogP contribution in [0.3, 0.4) is 0 Å². The third kappa shape index (κ3) is 8.13. The van der Waals surface area contributed by atoms with Gasteiger partial charge in [-0.05, 0) is 41.7 Å². The molecule has 0 fully saturated rings. The highest BCUT2D eigenvalue weighted by Crippen LogP contribution is 2.32. The van der Waals surface area contributed by atoms with Gasteiger partial charge in [-0.3, -0.25) is 9.10 Å². The fourth-order valence-electron chi connectivity index (χ4n) is 3.35. The molecule has 2 rings (SSSR count). The number of carbonyl (C=O) groups is 1. The lowest BCUT2D eigenvalue weighted by Crippen LogP contribution is -2.33. The molecule has 0 heterocycles. The topological polar surface area (TPSA) is 94.2 Å². The Balaban J connectivity index is 1.81. The first-order valence-corrected chi connectivity index (χ1v) is 13.0. The standard InChI is InChI=1S/C25H36N2O6S/c1-25(2,3)19-9-12-21(13-10-19)33-17-15-26-24(28)8-7-16-27(34(6,29)30)20-11-14-22(31-4)23(18-20)32-5/h9-14,18H,7-8,15-17H2,1-6H3,(H,26,28). The molecule has 0 aliphatic rings. The lowest BCUT2D eigenvalue weighted by Gasteiger charge is -2.23. The molecule has 0 radical (unpaired) electrons. The maximum atomic E-state index is 12.3. The SMILES string of the molecule is COc1ccc(N(CCCC(=O)NCCOc2ccc(C(C)(C)C)cc2)S(C)(=O)=O)cc1OC. The Hall–Kier alpha value is -2.94. The average Bonchev–Trinajstić information content (AvgIpc) is 2.78. The van der Waals surface area contributed by atoms with Crippen LogP contribution in [0.5, 0.6) is 17.2 Å². The lowest BCUT2D eigenvalue weighted by molar-refractivity contribution is -0.121. The van der Waals surface area contributed by atoms with Crippen LogP contribution in [-0.2, 0) is 20.2 Å². The van der Waals surface area contributed by atoms with Crippen molar-refractivity contribution in [3.05, 3.63) is 48.0 Å². The van der Waals surface area contributed by atoms with Gasteiger partial charge in [-0.1, -0.05) is 32.9 Å². The van der Waals surface area contributed by atoms with E-state index in [1.807, 2.05) is 24.3 Å². The molecule has 0 aliphatic heterocycles. The number of ether oxygens (including phenoxy) is 3. The second-order valence-corrected chi connectivity index (χ2v) is 10.9. The van der Waals surface area contributed by atoms with Gasteiger partial charge in [0.05, 0.1) is 32.7 Å². The quantitative estimate of drug-likeness (QED) is 0.454. The summed E-state index contributed by atoms with van der Waals surface area (Å²) in [7, 11) is -0.540. The number of nitrogens with one attached hydrogen (secondary N) is 1. The van der Waals surface area contributed by atoms with Gasteiger partial charge >= 0.3 is 0 Å². The number of anilines is 1. The van der Waals surface area contributed by atoms with Gasteiger partial charge in [0.25, 0.3) is 0 Å². The van der Waals surface area contributed by atoms with Crippen molar-refractivity contribution < 1.29 is 27.4 Å². The van der Waals surface area contributed by atoms with Crippen molar-refractivity contribution in [1.82, 2.24) is 5.32 Å². The van der Waals surface area contributed by atoms with Gasteiger partial charge in [0, 0.05) is 19.0 Å². The number of carbonyl (C=O) groups excluding carboxylic acids is 1. The van der Waals surface area contributed by atoms with Crippen molar-refractivity contribution in [1.29, 1.82) is 0 Å². The number of benzene rings is 2. The van der Waals surface area contributed by atoms with E-state index in [9.17, 15) is 13.2 Å². The number of amides is 1. The summed E-state index contributed by atoms with van der Waals surface area (Å²) in [5.41, 5.74) is 1.76. The van der Waals surface area contributed by atoms with E-state index in [4.69, 9.17) is 14.2 Å². The fraction of sp³-hybridized carbons (Fsp3) is 0.480. The molecule has 0 spiro atoms. The maximum Gasteiger partial charge on any atom is 0.232 e. The first-order valence-electron chi connectivity index (χ1n) is 11.2. The van der Waals surface area contributed by atoms with Crippen molar-refractivity contribution in [3.63, 3.8) is 0 Å². The summed E-state index contributed by atoms with van der Waals surface area (Å²) in [6, 6.07) is 12.8. The van der Waals surface area contributed by atoms with Gasteiger partial charge in [0.1, 0.15) is 12.4 Å². The molecule has 0 unspecified atom stereocenters. The van der Waals surface area contributed by atoms with E-state index in [2.05, 4.69) is 26.1 Å². The molecule has 0 bridgehead atoms. The second-order valence-electron chi connectivity index (χ2n) is 8.95. The molecule has 1 N–H and O–H groups in total. The van der Waals surface area contributed by atoms with Gasteiger partial charge in [0.15, 0.2) is 11.5 Å². The highest BCUT2D eigenvalue weighted by molar-refractivity contribution is 7.92. The van der Waals surface area contributed by atoms with Gasteiger partial charge < -0.3 is 19.5 Å². The highest BCUT2D eigenvalue weighted by atomic mass is 32.2. The molecule has 0 aliphatic carbocycles. The van der Waals surface area contributed by atoms with E-state index in [0.717, 1.165) is 12.0 Å². The van der Waals surface area contributed by atoms with Crippen LogP contribution in [0.4, 0.5) is 5.69 Å². The Bertz CT molecular complexity index is 1050. The summed E-state index contributed by atoms with van der Waals surface area (Å²) in [5, 5.41) is 2.81. The number of rotatable bonds is 12. The first-order chi connectivity index (χ1) is 16.0. The van der Waals surface area contributed by atoms with Crippen molar-refractivity contribution in [2.75, 3.05) is 44.5 Å². The molecular weight excluding hydrogens is 456 g/mol. The number of methoxy groups -OCH3 is 2. The Morgan fingerprint density at radius 1 is 1.00 bits per heavy atom. The molecule has 2 aromatic rings. The molecule has 188 valence electrons. The fourth-order valence-corrected chi connectivity index (χ4v) is 4.31. The summed E-state index contributed by atoms with van der Waals surface area (Å²) < 4.78 is 42.1. The average molecular weight is 493 g/mol. The van der Waals surface area contributed by atoms with Gasteiger partial charge in [0.2, 0.25) is 15.9 Å². The summed E-state index contributed by atoms with van der Waals surface area (Å²) in [4.78, 5) is 12.2. The van der Waals surface area contributed by atoms with E-state index < -0.39 is 10.0 Å². The molecular formula is C25H36N2O6S. The van der Waals surface area contributed by atoms with Crippen LogP contribution in [0.15, 0.2) is 42.5 Å². The van der Waals surface area contributed by atoms with Crippen LogP contribution in [0.25, 0.3) is 0 Å². The van der Waals surface area contributed by atoms with Crippen LogP contribution in [-0.4, -0.2) is 54.5 Å².